The number of morpholine rings is 1. The van der Waals surface area contributed by atoms with Gasteiger partial charge in [-0.15, -0.1) is 0 Å². The maximum atomic E-state index is 12.4. The Morgan fingerprint density at radius 2 is 2.26 bits per heavy atom. The topological polar surface area (TPSA) is 68.7 Å². The second-order valence-electron chi connectivity index (χ2n) is 5.54. The van der Waals surface area contributed by atoms with Crippen molar-refractivity contribution in [3.8, 4) is 0 Å². The maximum Gasteiger partial charge on any atom is 0.289 e. The molecule has 0 spiro atoms. The Hall–Kier alpha value is -1.33. The van der Waals surface area contributed by atoms with E-state index in [9.17, 15) is 4.79 Å². The molecule has 1 aliphatic rings. The van der Waals surface area contributed by atoms with Gasteiger partial charge in [-0.25, -0.2) is 0 Å². The van der Waals surface area contributed by atoms with Crippen LogP contribution < -0.4 is 5.73 Å². The van der Waals surface area contributed by atoms with Gasteiger partial charge in [-0.1, -0.05) is 6.92 Å². The zero-order valence-corrected chi connectivity index (χ0v) is 11.8. The summed E-state index contributed by atoms with van der Waals surface area (Å²) >= 11 is 0. The van der Waals surface area contributed by atoms with Gasteiger partial charge in [0.1, 0.15) is 5.76 Å². The number of nitrogens with zero attached hydrogens (tertiary/aromatic N) is 1. The molecule has 0 aromatic carbocycles. The monoisotopic (exact) mass is 266 g/mol. The zero-order chi connectivity index (χ0) is 14.0. The Bertz CT molecular complexity index is 453. The van der Waals surface area contributed by atoms with E-state index in [0.29, 0.717) is 25.4 Å². The van der Waals surface area contributed by atoms with Gasteiger partial charge in [0.25, 0.3) is 5.91 Å². The number of ether oxygens (including phenoxy) is 1. The van der Waals surface area contributed by atoms with Crippen molar-refractivity contribution in [3.05, 3.63) is 23.7 Å². The fourth-order valence-electron chi connectivity index (χ4n) is 2.41. The van der Waals surface area contributed by atoms with Crippen molar-refractivity contribution in [2.24, 2.45) is 5.73 Å². The van der Waals surface area contributed by atoms with Crippen LogP contribution in [0.25, 0.3) is 0 Å². The van der Waals surface area contributed by atoms with Crippen LogP contribution in [-0.2, 0) is 11.2 Å². The molecule has 5 nitrogen and oxygen atoms in total. The summed E-state index contributed by atoms with van der Waals surface area (Å²) in [5.74, 6) is 1.13. The third kappa shape index (κ3) is 3.16. The minimum atomic E-state index is -0.377. The van der Waals surface area contributed by atoms with Gasteiger partial charge in [0.15, 0.2) is 5.76 Å². The Labute approximate surface area is 113 Å². The maximum absolute atomic E-state index is 12.4. The van der Waals surface area contributed by atoms with Gasteiger partial charge in [-0.2, -0.15) is 0 Å². The van der Waals surface area contributed by atoms with Crippen molar-refractivity contribution in [3.63, 3.8) is 0 Å². The van der Waals surface area contributed by atoms with Crippen molar-refractivity contribution < 1.29 is 13.9 Å². The number of aryl methyl sites for hydroxylation is 1. The minimum absolute atomic E-state index is 0.0884. The minimum Gasteiger partial charge on any atom is -0.456 e. The lowest BCUT2D eigenvalue weighted by Crippen LogP contribution is -2.56. The van der Waals surface area contributed by atoms with Crippen molar-refractivity contribution >= 4 is 5.91 Å². The van der Waals surface area contributed by atoms with E-state index in [1.54, 1.807) is 11.0 Å². The first-order chi connectivity index (χ1) is 8.95. The van der Waals surface area contributed by atoms with E-state index in [4.69, 9.17) is 14.9 Å². The van der Waals surface area contributed by atoms with Crippen LogP contribution in [0, 0.1) is 0 Å². The molecule has 2 heterocycles. The molecule has 1 amide bonds. The summed E-state index contributed by atoms with van der Waals surface area (Å²) in [6, 6.07) is 3.58. The van der Waals surface area contributed by atoms with Crippen LogP contribution in [0.15, 0.2) is 16.5 Å². The number of nitrogens with two attached hydrogens (primary N) is 1. The molecule has 1 aromatic rings. The number of hydrogen-bond donors (Lipinski definition) is 1. The SMILES string of the molecule is CCc1ccc(C(=O)N2CC(CN)OC(C)(C)C2)o1. The molecule has 0 bridgehead atoms. The van der Waals surface area contributed by atoms with Crippen molar-refractivity contribution in [2.45, 2.75) is 38.9 Å². The molecule has 5 heteroatoms. The fraction of sp³-hybridized carbons (Fsp3) is 0.643. The number of rotatable bonds is 3. The third-order valence-corrected chi connectivity index (χ3v) is 3.25. The van der Waals surface area contributed by atoms with E-state index < -0.39 is 0 Å². The first kappa shape index (κ1) is 14.1. The van der Waals surface area contributed by atoms with Crippen LogP contribution in [0.1, 0.15) is 37.1 Å². The van der Waals surface area contributed by atoms with Gasteiger partial charge < -0.3 is 19.8 Å². The summed E-state index contributed by atoms with van der Waals surface area (Å²) in [5.41, 5.74) is 5.29. The molecular weight excluding hydrogens is 244 g/mol. The quantitative estimate of drug-likeness (QED) is 0.898. The molecule has 2 N–H and O–H groups in total. The highest BCUT2D eigenvalue weighted by Crippen LogP contribution is 2.22. The lowest BCUT2D eigenvalue weighted by Gasteiger charge is -2.42. The highest BCUT2D eigenvalue weighted by molar-refractivity contribution is 5.91. The summed E-state index contributed by atoms with van der Waals surface area (Å²) < 4.78 is 11.3. The normalized spacial score (nSPS) is 22.5. The molecule has 1 fully saturated rings. The summed E-state index contributed by atoms with van der Waals surface area (Å²) in [6.07, 6.45) is 0.668. The van der Waals surface area contributed by atoms with Gasteiger partial charge in [0, 0.05) is 26.1 Å². The number of amides is 1. The molecular formula is C14H22N2O3. The van der Waals surface area contributed by atoms with Crippen LogP contribution in [-0.4, -0.2) is 42.1 Å². The van der Waals surface area contributed by atoms with Gasteiger partial charge in [0.05, 0.1) is 11.7 Å². The second kappa shape index (κ2) is 5.35. The largest absolute Gasteiger partial charge is 0.456 e. The third-order valence-electron chi connectivity index (χ3n) is 3.25. The van der Waals surface area contributed by atoms with E-state index in [1.165, 1.54) is 0 Å². The Kier molecular flexibility index (Phi) is 3.96. The molecule has 1 saturated heterocycles. The average molecular weight is 266 g/mol. The molecule has 0 aliphatic carbocycles. The summed E-state index contributed by atoms with van der Waals surface area (Å²) in [7, 11) is 0. The highest BCUT2D eigenvalue weighted by Gasteiger charge is 2.36. The smallest absolute Gasteiger partial charge is 0.289 e. The lowest BCUT2D eigenvalue weighted by atomic mass is 10.0. The molecule has 1 unspecified atom stereocenters. The van der Waals surface area contributed by atoms with Gasteiger partial charge in [-0.3, -0.25) is 4.79 Å². The Morgan fingerprint density at radius 1 is 1.53 bits per heavy atom. The first-order valence-electron chi connectivity index (χ1n) is 6.71. The van der Waals surface area contributed by atoms with Crippen LogP contribution in [0.4, 0.5) is 0 Å². The van der Waals surface area contributed by atoms with Crippen LogP contribution in [0.5, 0.6) is 0 Å². The standard InChI is InChI=1S/C14H22N2O3/c1-4-10-5-6-12(18-10)13(17)16-8-11(7-15)19-14(2,3)9-16/h5-6,11H,4,7-9,15H2,1-3H3. The van der Waals surface area contributed by atoms with Crippen molar-refractivity contribution in [2.75, 3.05) is 19.6 Å². The number of furan rings is 1. The van der Waals surface area contributed by atoms with Crippen molar-refractivity contribution in [1.29, 1.82) is 0 Å². The predicted molar refractivity (Wildman–Crippen MR) is 72.0 cm³/mol. The zero-order valence-electron chi connectivity index (χ0n) is 11.8. The van der Waals surface area contributed by atoms with Crippen LogP contribution in [0.3, 0.4) is 0 Å². The van der Waals surface area contributed by atoms with E-state index in [2.05, 4.69) is 0 Å². The average Bonchev–Trinajstić information content (AvgIpc) is 2.84. The van der Waals surface area contributed by atoms with E-state index in [1.807, 2.05) is 26.8 Å². The Balaban J connectivity index is 2.13. The molecule has 1 aliphatic heterocycles. The lowest BCUT2D eigenvalue weighted by molar-refractivity contribution is -0.122. The molecule has 0 saturated carbocycles. The molecule has 0 radical (unpaired) electrons. The van der Waals surface area contributed by atoms with Gasteiger partial charge in [0.2, 0.25) is 0 Å². The summed E-state index contributed by atoms with van der Waals surface area (Å²) in [4.78, 5) is 14.2. The molecule has 106 valence electrons. The van der Waals surface area contributed by atoms with Gasteiger partial charge >= 0.3 is 0 Å². The van der Waals surface area contributed by atoms with Gasteiger partial charge in [-0.05, 0) is 26.0 Å². The predicted octanol–water partition coefficient (Wildman–Crippen LogP) is 1.42. The van der Waals surface area contributed by atoms with Crippen molar-refractivity contribution in [1.82, 2.24) is 4.90 Å². The number of carbonyl (C=O) groups is 1. The number of hydrogen-bond acceptors (Lipinski definition) is 4. The molecule has 1 atom stereocenters. The molecule has 1 aromatic heterocycles. The number of carbonyl (C=O) groups excluding carboxylic acids is 1. The van der Waals surface area contributed by atoms with E-state index in [0.717, 1.165) is 12.2 Å². The highest BCUT2D eigenvalue weighted by atomic mass is 16.5. The van der Waals surface area contributed by atoms with E-state index in [-0.39, 0.29) is 17.6 Å². The van der Waals surface area contributed by atoms with Crippen LogP contribution in [0.2, 0.25) is 0 Å². The molecule has 2 rings (SSSR count). The Morgan fingerprint density at radius 3 is 2.84 bits per heavy atom. The fourth-order valence-corrected chi connectivity index (χ4v) is 2.41. The van der Waals surface area contributed by atoms with E-state index >= 15 is 0 Å². The molecule has 19 heavy (non-hydrogen) atoms. The second-order valence-corrected chi connectivity index (χ2v) is 5.54. The first-order valence-corrected chi connectivity index (χ1v) is 6.71. The van der Waals surface area contributed by atoms with Crippen LogP contribution >= 0.6 is 0 Å². The summed E-state index contributed by atoms with van der Waals surface area (Å²) in [5, 5.41) is 0. The summed E-state index contributed by atoms with van der Waals surface area (Å²) in [6.45, 7) is 7.40.